The summed E-state index contributed by atoms with van der Waals surface area (Å²) in [6.45, 7) is 3.96. The summed E-state index contributed by atoms with van der Waals surface area (Å²) in [5, 5.41) is 13.2. The van der Waals surface area contributed by atoms with Gasteiger partial charge in [-0.3, -0.25) is 4.57 Å². The van der Waals surface area contributed by atoms with E-state index in [4.69, 9.17) is 16.3 Å². The first-order valence-corrected chi connectivity index (χ1v) is 10.5. The van der Waals surface area contributed by atoms with Crippen molar-refractivity contribution in [1.29, 1.82) is 0 Å². The molecule has 1 N–H and O–H groups in total. The van der Waals surface area contributed by atoms with Gasteiger partial charge in [-0.15, -0.1) is 10.2 Å². The molecule has 0 atom stereocenters. The molecule has 6 nitrogen and oxygen atoms in total. The number of fused-ring (bicyclic) bond motifs is 5. The molecule has 6 rings (SSSR count). The van der Waals surface area contributed by atoms with Gasteiger partial charge in [0.1, 0.15) is 0 Å². The summed E-state index contributed by atoms with van der Waals surface area (Å²) in [5.74, 6) is 1.84. The Morgan fingerprint density at radius 3 is 2.76 bits per heavy atom. The highest BCUT2D eigenvalue weighted by Gasteiger charge is 2.43. The third-order valence-corrected chi connectivity index (χ3v) is 6.70. The fourth-order valence-corrected chi connectivity index (χ4v) is 5.16. The van der Waals surface area contributed by atoms with E-state index in [1.807, 2.05) is 12.1 Å². The fraction of sp³-hybridized carbons (Fsp3) is 0.364. The van der Waals surface area contributed by atoms with Gasteiger partial charge in [-0.05, 0) is 47.7 Å². The van der Waals surface area contributed by atoms with E-state index < -0.39 is 0 Å². The van der Waals surface area contributed by atoms with Crippen LogP contribution in [0, 0.1) is 0 Å². The molecule has 1 saturated heterocycles. The predicted octanol–water partition coefficient (Wildman–Crippen LogP) is 3.55. The van der Waals surface area contributed by atoms with Gasteiger partial charge in [0.15, 0.2) is 5.82 Å². The van der Waals surface area contributed by atoms with Crippen LogP contribution in [0.25, 0.3) is 5.69 Å². The van der Waals surface area contributed by atoms with Gasteiger partial charge in [-0.1, -0.05) is 35.9 Å². The zero-order chi connectivity index (χ0) is 19.4. The zero-order valence-corrected chi connectivity index (χ0v) is 16.8. The number of halogens is 1. The van der Waals surface area contributed by atoms with Crippen molar-refractivity contribution in [3.63, 3.8) is 0 Å². The first kappa shape index (κ1) is 17.4. The average molecular weight is 408 g/mol. The third kappa shape index (κ3) is 2.70. The Balaban J connectivity index is 1.33. The highest BCUT2D eigenvalue weighted by molar-refractivity contribution is 6.30. The lowest BCUT2D eigenvalue weighted by Crippen LogP contribution is -2.43. The Morgan fingerprint density at radius 2 is 1.86 bits per heavy atom. The maximum Gasteiger partial charge on any atom is 0.231 e. The molecule has 2 aromatic carbocycles. The standard InChI is InChI=1S/C22H22ClN5O/c23-17-5-6-19-16(11-17)12-24-13-20-25-26-21(28(19)20)27-9-7-22(8-10-27)18-4-2-1-3-15(18)14-29-22/h1-6,11,24H,7-10,12-14H2. The van der Waals surface area contributed by atoms with Gasteiger partial charge in [-0.25, -0.2) is 0 Å². The van der Waals surface area contributed by atoms with Crippen LogP contribution in [0.15, 0.2) is 42.5 Å². The fourth-order valence-electron chi connectivity index (χ4n) is 4.96. The summed E-state index contributed by atoms with van der Waals surface area (Å²) in [7, 11) is 0. The quantitative estimate of drug-likeness (QED) is 0.668. The molecule has 0 radical (unpaired) electrons. The summed E-state index contributed by atoms with van der Waals surface area (Å²) in [5.41, 5.74) is 4.82. The molecule has 0 aliphatic carbocycles. The van der Waals surface area contributed by atoms with Crippen LogP contribution >= 0.6 is 11.6 Å². The monoisotopic (exact) mass is 407 g/mol. The number of nitrogens with zero attached hydrogens (tertiary/aromatic N) is 4. The van der Waals surface area contributed by atoms with Crippen LogP contribution in [0.4, 0.5) is 5.95 Å². The van der Waals surface area contributed by atoms with E-state index in [0.717, 1.165) is 61.6 Å². The normalized spacial score (nSPS) is 19.6. The van der Waals surface area contributed by atoms with Crippen molar-refractivity contribution >= 4 is 17.5 Å². The number of nitrogens with one attached hydrogen (secondary N) is 1. The molecule has 29 heavy (non-hydrogen) atoms. The van der Waals surface area contributed by atoms with Crippen molar-refractivity contribution in [2.45, 2.75) is 38.1 Å². The highest BCUT2D eigenvalue weighted by atomic mass is 35.5. The number of piperidine rings is 1. The molecule has 1 spiro atoms. The number of benzene rings is 2. The van der Waals surface area contributed by atoms with Crippen molar-refractivity contribution < 1.29 is 4.74 Å². The molecule has 0 amide bonds. The lowest BCUT2D eigenvalue weighted by molar-refractivity contribution is -0.0553. The Labute approximate surface area is 174 Å². The van der Waals surface area contributed by atoms with Gasteiger partial charge in [0.05, 0.1) is 24.4 Å². The minimum Gasteiger partial charge on any atom is -0.365 e. The maximum atomic E-state index is 6.33. The van der Waals surface area contributed by atoms with Crippen LogP contribution < -0.4 is 10.2 Å². The Morgan fingerprint density at radius 1 is 1.00 bits per heavy atom. The molecule has 1 aromatic heterocycles. The Bertz CT molecular complexity index is 1090. The summed E-state index contributed by atoms with van der Waals surface area (Å²) in [6.07, 6.45) is 1.91. The van der Waals surface area contributed by atoms with Gasteiger partial charge in [0.2, 0.25) is 5.95 Å². The van der Waals surface area contributed by atoms with Crippen molar-refractivity contribution in [2.75, 3.05) is 18.0 Å². The molecule has 3 aliphatic heterocycles. The summed E-state index contributed by atoms with van der Waals surface area (Å²) < 4.78 is 8.51. The number of rotatable bonds is 1. The Hall–Kier alpha value is -2.41. The molecule has 4 heterocycles. The molecule has 3 aromatic rings. The smallest absolute Gasteiger partial charge is 0.231 e. The molecule has 7 heteroatoms. The number of aromatic nitrogens is 3. The average Bonchev–Trinajstić information content (AvgIpc) is 3.27. The van der Waals surface area contributed by atoms with E-state index in [9.17, 15) is 0 Å². The number of ether oxygens (including phenoxy) is 1. The van der Waals surface area contributed by atoms with E-state index in [1.165, 1.54) is 16.7 Å². The van der Waals surface area contributed by atoms with Gasteiger partial charge in [0, 0.05) is 24.7 Å². The van der Waals surface area contributed by atoms with Crippen LogP contribution in [-0.4, -0.2) is 27.9 Å². The van der Waals surface area contributed by atoms with E-state index >= 15 is 0 Å². The van der Waals surface area contributed by atoms with Gasteiger partial charge in [0.25, 0.3) is 0 Å². The number of hydrogen-bond acceptors (Lipinski definition) is 5. The van der Waals surface area contributed by atoms with E-state index in [1.54, 1.807) is 0 Å². The number of hydrogen-bond donors (Lipinski definition) is 1. The SMILES string of the molecule is Clc1ccc2c(c1)CNCc1nnc(N3CCC4(CC3)OCc3ccccc34)n1-2. The minimum atomic E-state index is -0.151. The third-order valence-electron chi connectivity index (χ3n) is 6.46. The molecule has 0 saturated carbocycles. The van der Waals surface area contributed by atoms with Crippen LogP contribution in [0.3, 0.4) is 0 Å². The summed E-state index contributed by atoms with van der Waals surface area (Å²) >= 11 is 6.24. The first-order chi connectivity index (χ1) is 14.2. The van der Waals surface area contributed by atoms with Gasteiger partial charge < -0.3 is 15.0 Å². The van der Waals surface area contributed by atoms with Gasteiger partial charge in [-0.2, -0.15) is 0 Å². The van der Waals surface area contributed by atoms with Crippen LogP contribution in [0.1, 0.15) is 35.4 Å². The molecule has 1 fully saturated rings. The maximum absolute atomic E-state index is 6.33. The summed E-state index contributed by atoms with van der Waals surface area (Å²) in [6, 6.07) is 14.7. The zero-order valence-electron chi connectivity index (χ0n) is 16.1. The molecular weight excluding hydrogens is 386 g/mol. The first-order valence-electron chi connectivity index (χ1n) is 10.1. The van der Waals surface area contributed by atoms with Crippen LogP contribution in [-0.2, 0) is 30.0 Å². The Kier molecular flexibility index (Phi) is 3.94. The van der Waals surface area contributed by atoms with E-state index in [-0.39, 0.29) is 5.60 Å². The predicted molar refractivity (Wildman–Crippen MR) is 111 cm³/mol. The van der Waals surface area contributed by atoms with E-state index in [2.05, 4.69) is 55.3 Å². The molecular formula is C22H22ClN5O. The van der Waals surface area contributed by atoms with Crippen molar-refractivity contribution in [3.05, 3.63) is 70.0 Å². The largest absolute Gasteiger partial charge is 0.365 e. The molecule has 148 valence electrons. The van der Waals surface area contributed by atoms with Crippen molar-refractivity contribution in [3.8, 4) is 5.69 Å². The number of anilines is 1. The summed E-state index contributed by atoms with van der Waals surface area (Å²) in [4.78, 5) is 2.34. The lowest BCUT2D eigenvalue weighted by atomic mass is 9.84. The van der Waals surface area contributed by atoms with E-state index in [0.29, 0.717) is 6.54 Å². The topological polar surface area (TPSA) is 55.2 Å². The second-order valence-electron chi connectivity index (χ2n) is 8.06. The minimum absolute atomic E-state index is 0.151. The molecule has 0 unspecified atom stereocenters. The highest BCUT2D eigenvalue weighted by Crippen LogP contribution is 2.44. The molecule has 3 aliphatic rings. The second-order valence-corrected chi connectivity index (χ2v) is 8.49. The lowest BCUT2D eigenvalue weighted by Gasteiger charge is -2.39. The van der Waals surface area contributed by atoms with Crippen molar-refractivity contribution in [1.82, 2.24) is 20.1 Å². The van der Waals surface area contributed by atoms with Gasteiger partial charge >= 0.3 is 0 Å². The van der Waals surface area contributed by atoms with Crippen LogP contribution in [0.2, 0.25) is 5.02 Å². The second kappa shape index (κ2) is 6.55. The van der Waals surface area contributed by atoms with Crippen molar-refractivity contribution in [2.24, 2.45) is 0 Å². The molecule has 0 bridgehead atoms. The van der Waals surface area contributed by atoms with Crippen LogP contribution in [0.5, 0.6) is 0 Å².